The Morgan fingerprint density at radius 3 is 0.859 bits per heavy atom. The molecule has 4 aromatic rings. The van der Waals surface area contributed by atoms with Crippen LogP contribution in [-0.2, 0) is 19.9 Å². The van der Waals surface area contributed by atoms with Crippen LogP contribution in [0, 0.1) is 0 Å². The van der Waals surface area contributed by atoms with E-state index in [4.69, 9.17) is 18.1 Å². The largest absolute Gasteiger partial charge is 0.450 e. The van der Waals surface area contributed by atoms with Crippen LogP contribution in [0.5, 0.6) is 11.5 Å². The van der Waals surface area contributed by atoms with E-state index >= 15 is 0 Å². The van der Waals surface area contributed by atoms with Crippen LogP contribution in [0.4, 0.5) is 0 Å². The zero-order chi connectivity index (χ0) is 44.4. The Morgan fingerprint density at radius 1 is 0.328 bits per heavy atom. The molecule has 0 N–H and O–H groups in total. The highest BCUT2D eigenvalue weighted by atomic mass is 31.1. The maximum atomic E-state index is 5.79. The minimum absolute atomic E-state index is 0. The van der Waals surface area contributed by atoms with E-state index in [9.17, 15) is 0 Å². The molecule has 0 heterocycles. The van der Waals surface area contributed by atoms with E-state index in [1.165, 1.54) is 151 Å². The Hall–Kier alpha value is -2.74. The normalized spacial score (nSPS) is 11.6. The van der Waals surface area contributed by atoms with Gasteiger partial charge in [-0.2, -0.15) is 0 Å². The molecule has 0 aromatic heterocycles. The molecule has 0 aliphatic rings. The van der Waals surface area contributed by atoms with Gasteiger partial charge >= 0.3 is 0 Å². The molecule has 0 saturated heterocycles. The van der Waals surface area contributed by atoms with E-state index in [1.807, 2.05) is 0 Å². The van der Waals surface area contributed by atoms with Gasteiger partial charge in [0.15, 0.2) is 0 Å². The summed E-state index contributed by atoms with van der Waals surface area (Å²) >= 11 is 0. The Balaban J connectivity index is 0.000000622. The molecule has 0 saturated carbocycles. The lowest BCUT2D eigenvalue weighted by molar-refractivity contribution is 0.316. The first kappa shape index (κ1) is 59.3. The fourth-order valence-electron chi connectivity index (χ4n) is 7.84. The lowest BCUT2D eigenvalue weighted by Crippen LogP contribution is -2.18. The molecule has 4 aromatic carbocycles. The molecule has 0 bridgehead atoms. The lowest BCUT2D eigenvalue weighted by atomic mass is 9.78. The van der Waals surface area contributed by atoms with Crippen LogP contribution in [0.15, 0.2) is 109 Å². The van der Waals surface area contributed by atoms with Crippen molar-refractivity contribution in [2.24, 2.45) is 0 Å². The van der Waals surface area contributed by atoms with E-state index in [0.717, 1.165) is 37.6 Å². The smallest absolute Gasteiger partial charge is 0.215 e. The van der Waals surface area contributed by atoms with Gasteiger partial charge in [0.05, 0.1) is 13.2 Å². The summed E-state index contributed by atoms with van der Waals surface area (Å²) in [4.78, 5) is 0. The molecule has 2 atom stereocenters. The third kappa shape index (κ3) is 25.2. The van der Waals surface area contributed by atoms with E-state index in [2.05, 4.69) is 151 Å². The molecule has 0 spiro atoms. The summed E-state index contributed by atoms with van der Waals surface area (Å²) < 4.78 is 23.0. The topological polar surface area (TPSA) is 36.9 Å². The third-order valence-corrected chi connectivity index (χ3v) is 13.6. The summed E-state index contributed by atoms with van der Waals surface area (Å²) in [6.45, 7) is 15.2. The van der Waals surface area contributed by atoms with Crippen LogP contribution in [0.25, 0.3) is 0 Å². The predicted molar refractivity (Wildman–Crippen MR) is 286 cm³/mol. The molecule has 0 aliphatic heterocycles. The first-order valence-electron chi connectivity index (χ1n) is 24.7. The zero-order valence-electron chi connectivity index (χ0n) is 40.0. The molecular formula is C58H94O4P2. The highest BCUT2D eigenvalue weighted by Gasteiger charge is 2.23. The maximum absolute atomic E-state index is 5.79. The molecule has 0 aliphatic carbocycles. The second-order valence-corrected chi connectivity index (χ2v) is 19.5. The zero-order valence-corrected chi connectivity index (χ0v) is 42.0. The fourth-order valence-corrected chi connectivity index (χ4v) is 8.88. The number of hydrogen-bond acceptors (Lipinski definition) is 4. The van der Waals surface area contributed by atoms with Gasteiger partial charge in [0, 0.05) is 10.8 Å². The number of hydrogen-bond donors (Lipinski definition) is 0. The minimum Gasteiger partial charge on any atom is -0.450 e. The van der Waals surface area contributed by atoms with E-state index in [1.54, 1.807) is 0 Å². The molecule has 4 rings (SSSR count). The van der Waals surface area contributed by atoms with Crippen molar-refractivity contribution in [3.05, 3.63) is 131 Å². The molecule has 6 heteroatoms. The van der Waals surface area contributed by atoms with Gasteiger partial charge in [-0.05, 0) is 59.4 Å². The van der Waals surface area contributed by atoms with Crippen molar-refractivity contribution in [3.63, 3.8) is 0 Å². The summed E-state index contributed by atoms with van der Waals surface area (Å²) in [5.74, 6) is 1.76. The highest BCUT2D eigenvalue weighted by molar-refractivity contribution is 7.26. The average molecular weight is 917 g/mol. The van der Waals surface area contributed by atoms with E-state index in [-0.39, 0.29) is 43.8 Å². The quantitative estimate of drug-likeness (QED) is 0.0346. The first-order valence-corrected chi connectivity index (χ1v) is 26.3. The molecule has 0 radical (unpaired) electrons. The van der Waals surface area contributed by atoms with Crippen molar-refractivity contribution in [1.82, 2.24) is 0 Å². The number of benzene rings is 4. The Bertz CT molecular complexity index is 1610. The van der Waals surface area contributed by atoms with E-state index < -0.39 is 0 Å². The standard InChI is InChI=1S/C29H45O2P.C27H41O2P.2CH4/c1-4-5-6-7-8-9-10-11-12-13-14-18-25-30-32-31-28-23-21-27(22-24-28)29(2,3)26-19-16-15-17-20-26;1-4-5-6-7-8-9-10-11-12-16-23-28-30-29-26-21-19-25(20-22-26)27(2,3)24-17-14-13-15-18-24;;/h15-17,19-24,32H,4-14,18,25H2,1-3H3;13-15,17-22,30H,4-12,16,23H2,1-3H3;2*1H4. The van der Waals surface area contributed by atoms with Crippen LogP contribution in [0.1, 0.15) is 220 Å². The third-order valence-electron chi connectivity index (χ3n) is 12.3. The SMILES string of the molecule is C.C.CCCCCCCCCCCCCCOPOc1ccc(C(C)(C)c2ccccc2)cc1.CCCCCCCCCCCCOPOc1ccc(C(C)(C)c2ccccc2)cc1. The van der Waals surface area contributed by atoms with Crippen LogP contribution in [0.3, 0.4) is 0 Å². The maximum Gasteiger partial charge on any atom is 0.215 e. The Labute approximate surface area is 399 Å². The van der Waals surface area contributed by atoms with Crippen LogP contribution in [0.2, 0.25) is 0 Å². The van der Waals surface area contributed by atoms with Crippen molar-refractivity contribution in [2.45, 2.75) is 208 Å². The fraction of sp³-hybridized carbons (Fsp3) is 0.586. The van der Waals surface area contributed by atoms with Crippen molar-refractivity contribution >= 4 is 18.1 Å². The van der Waals surface area contributed by atoms with Crippen LogP contribution < -0.4 is 9.05 Å². The average Bonchev–Trinajstić information content (AvgIpc) is 3.30. The summed E-state index contributed by atoms with van der Waals surface area (Å²) in [6, 6.07) is 38.2. The summed E-state index contributed by atoms with van der Waals surface area (Å²) in [7, 11) is 0.155. The van der Waals surface area contributed by atoms with Crippen LogP contribution in [-0.4, -0.2) is 13.2 Å². The molecule has 360 valence electrons. The van der Waals surface area contributed by atoms with Crippen molar-refractivity contribution in [3.8, 4) is 11.5 Å². The van der Waals surface area contributed by atoms with Crippen molar-refractivity contribution in [1.29, 1.82) is 0 Å². The van der Waals surface area contributed by atoms with Gasteiger partial charge < -0.3 is 18.1 Å². The summed E-state index contributed by atoms with van der Waals surface area (Å²) in [5.41, 5.74) is 5.18. The van der Waals surface area contributed by atoms with Gasteiger partial charge in [-0.3, -0.25) is 0 Å². The Kier molecular flexibility index (Phi) is 34.6. The van der Waals surface area contributed by atoms with Gasteiger partial charge in [0.1, 0.15) is 11.5 Å². The molecule has 0 fully saturated rings. The van der Waals surface area contributed by atoms with Crippen LogP contribution >= 0.6 is 18.1 Å². The monoisotopic (exact) mass is 917 g/mol. The van der Waals surface area contributed by atoms with Crippen molar-refractivity contribution in [2.75, 3.05) is 13.2 Å². The minimum atomic E-state index is -0.0206. The molecule has 4 nitrogen and oxygen atoms in total. The molecular weight excluding hydrogens is 823 g/mol. The van der Waals surface area contributed by atoms with Crippen molar-refractivity contribution < 1.29 is 18.1 Å². The second-order valence-electron chi connectivity index (χ2n) is 18.2. The highest BCUT2D eigenvalue weighted by Crippen LogP contribution is 2.35. The van der Waals surface area contributed by atoms with Gasteiger partial charge in [0.25, 0.3) is 0 Å². The van der Waals surface area contributed by atoms with Gasteiger partial charge in [-0.15, -0.1) is 0 Å². The molecule has 2 unspecified atom stereocenters. The predicted octanol–water partition coefficient (Wildman–Crippen LogP) is 19.7. The molecule has 64 heavy (non-hydrogen) atoms. The summed E-state index contributed by atoms with van der Waals surface area (Å²) in [5, 5.41) is 0. The van der Waals surface area contributed by atoms with Gasteiger partial charge in [-0.25, -0.2) is 0 Å². The van der Waals surface area contributed by atoms with Gasteiger partial charge in [-0.1, -0.05) is 270 Å². The lowest BCUT2D eigenvalue weighted by Gasteiger charge is -2.26. The van der Waals surface area contributed by atoms with E-state index in [0.29, 0.717) is 0 Å². The second kappa shape index (κ2) is 37.4. The number of unbranched alkanes of at least 4 members (excludes halogenated alkanes) is 20. The molecule has 0 amide bonds. The van der Waals surface area contributed by atoms with Gasteiger partial charge in [0.2, 0.25) is 18.1 Å². The number of rotatable bonds is 34. The Morgan fingerprint density at radius 2 is 0.578 bits per heavy atom. The first-order chi connectivity index (χ1) is 30.3. The summed E-state index contributed by atoms with van der Waals surface area (Å²) in [6.07, 6.45) is 29.9.